The van der Waals surface area contributed by atoms with Crippen LogP contribution in [0.1, 0.15) is 39.7 Å². The van der Waals surface area contributed by atoms with Gasteiger partial charge in [0.15, 0.2) is 5.96 Å². The van der Waals surface area contributed by atoms with Gasteiger partial charge in [-0.25, -0.2) is 8.42 Å². The first kappa shape index (κ1) is 25.2. The van der Waals surface area contributed by atoms with Crippen molar-refractivity contribution in [2.24, 2.45) is 16.8 Å². The monoisotopic (exact) mass is 522 g/mol. The molecule has 1 heterocycles. The highest BCUT2D eigenvalue weighted by Crippen LogP contribution is 2.21. The summed E-state index contributed by atoms with van der Waals surface area (Å²) in [7, 11) is -0.0190. The van der Waals surface area contributed by atoms with Crippen LogP contribution in [0.3, 0.4) is 0 Å². The molecule has 2 rings (SSSR count). The van der Waals surface area contributed by atoms with Crippen molar-refractivity contribution in [2.75, 3.05) is 27.2 Å². The number of guanidine groups is 1. The number of rotatable bonds is 5. The molecule has 1 saturated heterocycles. The normalized spacial score (nSPS) is 21.0. The smallest absolute Gasteiger partial charge is 0.243 e. The van der Waals surface area contributed by atoms with Crippen molar-refractivity contribution >= 4 is 40.0 Å². The molecule has 1 aliphatic rings. The second-order valence-corrected chi connectivity index (χ2v) is 10.0. The molecular weight excluding hydrogens is 487 g/mol. The summed E-state index contributed by atoms with van der Waals surface area (Å²) in [4.78, 5) is 7.06. The predicted octanol–water partition coefficient (Wildman–Crippen LogP) is 3.39. The minimum absolute atomic E-state index is 0. The van der Waals surface area contributed by atoms with Gasteiger partial charge in [0.25, 0.3) is 0 Å². The van der Waals surface area contributed by atoms with Gasteiger partial charge in [0.1, 0.15) is 0 Å². The topological polar surface area (TPSA) is 65.0 Å². The summed E-state index contributed by atoms with van der Waals surface area (Å²) in [5, 5.41) is 3.41. The molecule has 6 nitrogen and oxygen atoms in total. The molecule has 2 unspecified atom stereocenters. The molecule has 0 amide bonds. The van der Waals surface area contributed by atoms with Crippen LogP contribution >= 0.6 is 24.0 Å². The molecule has 1 aliphatic heterocycles. The Hall–Kier alpha value is -0.870. The van der Waals surface area contributed by atoms with Crippen molar-refractivity contribution < 1.29 is 8.42 Å². The molecule has 28 heavy (non-hydrogen) atoms. The summed E-state index contributed by atoms with van der Waals surface area (Å²) in [6.45, 7) is 10.9. The number of sulfonamides is 1. The summed E-state index contributed by atoms with van der Waals surface area (Å²) in [5.74, 6) is 2.23. The van der Waals surface area contributed by atoms with Crippen LogP contribution in [-0.2, 0) is 16.6 Å². The summed E-state index contributed by atoms with van der Waals surface area (Å²) < 4.78 is 26.5. The lowest BCUT2D eigenvalue weighted by atomic mass is 9.92. The van der Waals surface area contributed by atoms with E-state index in [0.29, 0.717) is 23.3 Å². The molecule has 0 aromatic heterocycles. The Labute approximate surface area is 187 Å². The largest absolute Gasteiger partial charge is 0.352 e. The summed E-state index contributed by atoms with van der Waals surface area (Å²) in [6, 6.07) is 7.01. The minimum atomic E-state index is -3.44. The van der Waals surface area contributed by atoms with Crippen molar-refractivity contribution in [1.29, 1.82) is 0 Å². The molecule has 8 heteroatoms. The van der Waals surface area contributed by atoms with Crippen molar-refractivity contribution in [3.63, 3.8) is 0 Å². The molecule has 0 saturated carbocycles. The van der Waals surface area contributed by atoms with Gasteiger partial charge in [-0.15, -0.1) is 24.0 Å². The lowest BCUT2D eigenvalue weighted by Gasteiger charge is -2.37. The maximum atomic E-state index is 12.5. The van der Waals surface area contributed by atoms with Gasteiger partial charge in [0.2, 0.25) is 10.0 Å². The Morgan fingerprint density at radius 3 is 2.21 bits per heavy atom. The molecule has 0 bridgehead atoms. The van der Waals surface area contributed by atoms with Crippen molar-refractivity contribution in [2.45, 2.75) is 51.6 Å². The van der Waals surface area contributed by atoms with E-state index in [1.54, 1.807) is 19.2 Å². The van der Waals surface area contributed by atoms with Gasteiger partial charge in [-0.1, -0.05) is 26.0 Å². The van der Waals surface area contributed by atoms with Crippen LogP contribution in [-0.4, -0.2) is 56.8 Å². The van der Waals surface area contributed by atoms with Gasteiger partial charge < -0.3 is 10.2 Å². The number of hydrogen-bond acceptors (Lipinski definition) is 3. The summed E-state index contributed by atoms with van der Waals surface area (Å²) in [6.07, 6.45) is 1.26. The third kappa shape index (κ3) is 6.32. The zero-order valence-corrected chi connectivity index (χ0v) is 21.0. The fourth-order valence-corrected chi connectivity index (χ4v) is 4.94. The molecule has 0 radical (unpaired) electrons. The Balaban J connectivity index is 0.00000392. The van der Waals surface area contributed by atoms with E-state index in [0.717, 1.165) is 24.6 Å². The second kappa shape index (κ2) is 10.8. The highest BCUT2D eigenvalue weighted by molar-refractivity contribution is 14.0. The number of likely N-dealkylation sites (tertiary alicyclic amines) is 1. The average Bonchev–Trinajstić information content (AvgIpc) is 2.61. The quantitative estimate of drug-likeness (QED) is 0.366. The summed E-state index contributed by atoms with van der Waals surface area (Å²) >= 11 is 0. The number of aliphatic imine (C=N–C) groups is 1. The lowest BCUT2D eigenvalue weighted by Crippen LogP contribution is -2.48. The SMILES string of the molecule is CN=C(NCc1ccc(S(=O)(=O)N(C)C(C)C)cc1)N1CC(C)CC(C)C1.I. The predicted molar refractivity (Wildman–Crippen MR) is 127 cm³/mol. The number of hydrogen-bond donors (Lipinski definition) is 1. The van der Waals surface area contributed by atoms with Crippen LogP contribution in [0.25, 0.3) is 0 Å². The third-order valence-corrected chi connectivity index (χ3v) is 7.21. The molecule has 1 aromatic carbocycles. The first-order chi connectivity index (χ1) is 12.6. The first-order valence-corrected chi connectivity index (χ1v) is 11.1. The van der Waals surface area contributed by atoms with Crippen molar-refractivity contribution in [3.05, 3.63) is 29.8 Å². The van der Waals surface area contributed by atoms with E-state index in [1.165, 1.54) is 10.7 Å². The van der Waals surface area contributed by atoms with E-state index in [2.05, 4.69) is 29.1 Å². The van der Waals surface area contributed by atoms with Crippen LogP contribution in [0.2, 0.25) is 0 Å². The zero-order valence-electron chi connectivity index (χ0n) is 17.8. The van der Waals surface area contributed by atoms with Crippen LogP contribution in [0.4, 0.5) is 0 Å². The van der Waals surface area contributed by atoms with Crippen LogP contribution in [0.5, 0.6) is 0 Å². The van der Waals surface area contributed by atoms with E-state index < -0.39 is 10.0 Å². The maximum absolute atomic E-state index is 12.5. The van der Waals surface area contributed by atoms with E-state index in [1.807, 2.05) is 33.0 Å². The van der Waals surface area contributed by atoms with E-state index in [-0.39, 0.29) is 30.0 Å². The van der Waals surface area contributed by atoms with Crippen molar-refractivity contribution in [3.8, 4) is 0 Å². The van der Waals surface area contributed by atoms with Gasteiger partial charge in [-0.2, -0.15) is 4.31 Å². The molecule has 0 aliphatic carbocycles. The Morgan fingerprint density at radius 1 is 1.21 bits per heavy atom. The minimum Gasteiger partial charge on any atom is -0.352 e. The van der Waals surface area contributed by atoms with Crippen LogP contribution < -0.4 is 5.32 Å². The van der Waals surface area contributed by atoms with Crippen LogP contribution in [0.15, 0.2) is 34.2 Å². The van der Waals surface area contributed by atoms with E-state index in [9.17, 15) is 8.42 Å². The Kier molecular flexibility index (Phi) is 9.69. The second-order valence-electron chi connectivity index (χ2n) is 8.01. The van der Waals surface area contributed by atoms with E-state index >= 15 is 0 Å². The highest BCUT2D eigenvalue weighted by Gasteiger charge is 2.24. The fourth-order valence-electron chi connectivity index (χ4n) is 3.57. The van der Waals surface area contributed by atoms with Gasteiger partial charge >= 0.3 is 0 Å². The molecular formula is C20H35IN4O2S. The first-order valence-electron chi connectivity index (χ1n) is 9.67. The standard InChI is InChI=1S/C20H34N4O2S.HI/c1-15(2)23(6)27(25,26)19-9-7-18(8-10-19)12-22-20(21-5)24-13-16(3)11-17(4)14-24;/h7-10,15-17H,11-14H2,1-6H3,(H,21,22);1H. The van der Waals surface area contributed by atoms with Crippen LogP contribution in [0, 0.1) is 11.8 Å². The molecule has 2 atom stereocenters. The van der Waals surface area contributed by atoms with E-state index in [4.69, 9.17) is 0 Å². The number of nitrogens with one attached hydrogen (secondary N) is 1. The Morgan fingerprint density at radius 2 is 1.75 bits per heavy atom. The molecule has 1 aromatic rings. The average molecular weight is 522 g/mol. The number of piperidine rings is 1. The zero-order chi connectivity index (χ0) is 20.2. The number of benzene rings is 1. The lowest BCUT2D eigenvalue weighted by molar-refractivity contribution is 0.208. The van der Waals surface area contributed by atoms with Crippen molar-refractivity contribution in [1.82, 2.24) is 14.5 Å². The highest BCUT2D eigenvalue weighted by atomic mass is 127. The third-order valence-electron chi connectivity index (χ3n) is 5.16. The maximum Gasteiger partial charge on any atom is 0.243 e. The number of halogens is 1. The molecule has 1 fully saturated rings. The Bertz CT molecular complexity index is 740. The van der Waals surface area contributed by atoms with Gasteiger partial charge in [-0.05, 0) is 49.8 Å². The fraction of sp³-hybridized carbons (Fsp3) is 0.650. The summed E-state index contributed by atoms with van der Waals surface area (Å²) in [5.41, 5.74) is 1.03. The number of nitrogens with zero attached hydrogens (tertiary/aromatic N) is 3. The molecule has 0 spiro atoms. The van der Waals surface area contributed by atoms with Gasteiger partial charge in [-0.3, -0.25) is 4.99 Å². The van der Waals surface area contributed by atoms with Gasteiger partial charge in [0, 0.05) is 39.8 Å². The van der Waals surface area contributed by atoms with Gasteiger partial charge in [0.05, 0.1) is 4.90 Å². The molecule has 1 N–H and O–H groups in total. The molecule has 160 valence electrons.